The van der Waals surface area contributed by atoms with E-state index in [1.807, 2.05) is 27.7 Å². The minimum atomic E-state index is -0.192. The first-order valence-electron chi connectivity index (χ1n) is 6.54. The van der Waals surface area contributed by atoms with E-state index in [1.165, 1.54) is 37.5 Å². The molecule has 0 aromatic rings. The lowest BCUT2D eigenvalue weighted by atomic mass is 10.3. The van der Waals surface area contributed by atoms with Crippen molar-refractivity contribution in [2.75, 3.05) is 0 Å². The molecule has 0 unspecified atom stereocenters. The third-order valence-electron chi connectivity index (χ3n) is 2.39. The van der Waals surface area contributed by atoms with Gasteiger partial charge in [-0.1, -0.05) is 0 Å². The van der Waals surface area contributed by atoms with Crippen molar-refractivity contribution in [3.63, 3.8) is 0 Å². The molecule has 0 N–H and O–H groups in total. The third-order valence-corrected chi connectivity index (χ3v) is 2.39. The van der Waals surface area contributed by atoms with Crippen LogP contribution in [0.4, 0.5) is 0 Å². The zero-order chi connectivity index (χ0) is 16.6. The highest BCUT2D eigenvalue weighted by Crippen LogP contribution is 1.98. The Hall–Kier alpha value is -1.72. The van der Waals surface area contributed by atoms with Gasteiger partial charge in [-0.2, -0.15) is 0 Å². The summed E-state index contributed by atoms with van der Waals surface area (Å²) in [5.74, 6) is -0.769. The summed E-state index contributed by atoms with van der Waals surface area (Å²) in [6.45, 7) is 12.8. The number of nitrogens with zero attached hydrogens (tertiary/aromatic N) is 2. The summed E-state index contributed by atoms with van der Waals surface area (Å²) >= 11 is 0. The number of carbonyl (C=O) groups excluding carboxylic acids is 4. The number of carbonyl (C=O) groups is 4. The summed E-state index contributed by atoms with van der Waals surface area (Å²) in [4.78, 5) is 45.4. The Bertz CT molecular complexity index is 311. The van der Waals surface area contributed by atoms with E-state index in [-0.39, 0.29) is 35.7 Å². The van der Waals surface area contributed by atoms with Crippen LogP contribution in [0.2, 0.25) is 0 Å². The molecular weight excluding hydrogens is 260 g/mol. The van der Waals surface area contributed by atoms with Crippen molar-refractivity contribution in [2.45, 2.75) is 67.5 Å². The van der Waals surface area contributed by atoms with Crippen LogP contribution in [-0.2, 0) is 19.2 Å². The monoisotopic (exact) mass is 286 g/mol. The van der Waals surface area contributed by atoms with E-state index in [1.54, 1.807) is 0 Å². The minimum Gasteiger partial charge on any atom is -0.281 e. The van der Waals surface area contributed by atoms with E-state index in [0.717, 1.165) is 0 Å². The van der Waals surface area contributed by atoms with Crippen molar-refractivity contribution in [3.05, 3.63) is 0 Å². The molecule has 0 aliphatic rings. The molecule has 20 heavy (non-hydrogen) atoms. The van der Waals surface area contributed by atoms with Gasteiger partial charge in [0.05, 0.1) is 0 Å². The standard InChI is InChI=1S/2C7H13NO2/c2*1-5(2)8(6(3)9)7(4)10/h2*5H,1-4H3. The summed E-state index contributed by atoms with van der Waals surface area (Å²) in [7, 11) is 0. The molecule has 0 aromatic carbocycles. The van der Waals surface area contributed by atoms with Crippen LogP contribution >= 0.6 is 0 Å². The summed E-state index contributed by atoms with van der Waals surface area (Å²) < 4.78 is 0. The van der Waals surface area contributed by atoms with Crippen LogP contribution in [-0.4, -0.2) is 45.5 Å². The van der Waals surface area contributed by atoms with Crippen molar-refractivity contribution >= 4 is 23.6 Å². The van der Waals surface area contributed by atoms with Gasteiger partial charge in [0.1, 0.15) is 0 Å². The van der Waals surface area contributed by atoms with Gasteiger partial charge in [-0.15, -0.1) is 0 Å². The van der Waals surface area contributed by atoms with Crippen LogP contribution in [0.3, 0.4) is 0 Å². The quantitative estimate of drug-likeness (QED) is 0.772. The second kappa shape index (κ2) is 9.23. The van der Waals surface area contributed by atoms with Crippen molar-refractivity contribution in [1.82, 2.24) is 9.80 Å². The Morgan fingerprint density at radius 3 is 0.700 bits per heavy atom. The van der Waals surface area contributed by atoms with Crippen LogP contribution in [0.25, 0.3) is 0 Å². The van der Waals surface area contributed by atoms with Crippen LogP contribution in [0.5, 0.6) is 0 Å². The smallest absolute Gasteiger partial charge is 0.226 e. The Morgan fingerprint density at radius 1 is 0.550 bits per heavy atom. The van der Waals surface area contributed by atoms with Crippen LogP contribution in [0, 0.1) is 0 Å². The van der Waals surface area contributed by atoms with Crippen LogP contribution in [0.15, 0.2) is 0 Å². The summed E-state index contributed by atoms with van der Waals surface area (Å²) in [6, 6.07) is -0.0648. The molecule has 0 spiro atoms. The average molecular weight is 286 g/mol. The highest BCUT2D eigenvalue weighted by Gasteiger charge is 2.16. The van der Waals surface area contributed by atoms with E-state index < -0.39 is 0 Å². The second-order valence-corrected chi connectivity index (χ2v) is 5.00. The van der Waals surface area contributed by atoms with Gasteiger partial charge < -0.3 is 0 Å². The van der Waals surface area contributed by atoms with Gasteiger partial charge in [0.15, 0.2) is 0 Å². The molecule has 0 aliphatic heterocycles. The fraction of sp³-hybridized carbons (Fsp3) is 0.714. The van der Waals surface area contributed by atoms with Gasteiger partial charge in [0.2, 0.25) is 23.6 Å². The predicted molar refractivity (Wildman–Crippen MR) is 76.7 cm³/mol. The van der Waals surface area contributed by atoms with Gasteiger partial charge in [-0.3, -0.25) is 29.0 Å². The molecule has 0 fully saturated rings. The molecule has 6 nitrogen and oxygen atoms in total. The summed E-state index contributed by atoms with van der Waals surface area (Å²) in [6.07, 6.45) is 0. The van der Waals surface area contributed by atoms with Gasteiger partial charge in [0.25, 0.3) is 0 Å². The minimum absolute atomic E-state index is 0.0324. The zero-order valence-electron chi connectivity index (χ0n) is 13.7. The van der Waals surface area contributed by atoms with Gasteiger partial charge in [-0.05, 0) is 27.7 Å². The summed E-state index contributed by atoms with van der Waals surface area (Å²) in [5.41, 5.74) is 0. The largest absolute Gasteiger partial charge is 0.281 e. The number of rotatable bonds is 2. The number of amides is 4. The van der Waals surface area contributed by atoms with Gasteiger partial charge >= 0.3 is 0 Å². The Balaban J connectivity index is 0. The van der Waals surface area contributed by atoms with E-state index in [4.69, 9.17) is 0 Å². The lowest BCUT2D eigenvalue weighted by molar-refractivity contribution is -0.145. The Kier molecular flexibility index (Phi) is 9.50. The fourth-order valence-corrected chi connectivity index (χ4v) is 1.90. The van der Waals surface area contributed by atoms with E-state index in [2.05, 4.69) is 0 Å². The summed E-state index contributed by atoms with van der Waals surface area (Å²) in [5, 5.41) is 0. The molecule has 6 heteroatoms. The van der Waals surface area contributed by atoms with Crippen molar-refractivity contribution in [1.29, 1.82) is 0 Å². The molecule has 0 rings (SSSR count). The van der Waals surface area contributed by atoms with Gasteiger partial charge in [0, 0.05) is 39.8 Å². The van der Waals surface area contributed by atoms with Gasteiger partial charge in [-0.25, -0.2) is 0 Å². The Morgan fingerprint density at radius 2 is 0.700 bits per heavy atom. The highest BCUT2D eigenvalue weighted by molar-refractivity contribution is 5.93. The number of hydrogen-bond acceptors (Lipinski definition) is 4. The first-order chi connectivity index (χ1) is 8.93. The maximum Gasteiger partial charge on any atom is 0.226 e. The molecule has 0 radical (unpaired) electrons. The number of hydrogen-bond donors (Lipinski definition) is 0. The van der Waals surface area contributed by atoms with E-state index in [9.17, 15) is 19.2 Å². The molecule has 4 amide bonds. The maximum absolute atomic E-state index is 10.7. The molecule has 116 valence electrons. The topological polar surface area (TPSA) is 74.8 Å². The second-order valence-electron chi connectivity index (χ2n) is 5.00. The number of imide groups is 2. The molecule has 0 aromatic heterocycles. The fourth-order valence-electron chi connectivity index (χ4n) is 1.90. The molecule has 0 atom stereocenters. The van der Waals surface area contributed by atoms with Crippen molar-refractivity contribution in [3.8, 4) is 0 Å². The highest BCUT2D eigenvalue weighted by atomic mass is 16.2. The van der Waals surface area contributed by atoms with E-state index in [0.29, 0.717) is 0 Å². The molecular formula is C14H26N2O4. The molecule has 0 saturated carbocycles. The van der Waals surface area contributed by atoms with Crippen LogP contribution in [0.1, 0.15) is 55.4 Å². The molecule has 0 heterocycles. The molecule has 0 aliphatic carbocycles. The SMILES string of the molecule is CC(=O)N(C(C)=O)C(C)C.CC(=O)N(C(C)=O)C(C)C. The maximum atomic E-state index is 10.7. The third kappa shape index (κ3) is 7.66. The first kappa shape index (κ1) is 20.6. The molecule has 0 saturated heterocycles. The van der Waals surface area contributed by atoms with Crippen LogP contribution < -0.4 is 0 Å². The predicted octanol–water partition coefficient (Wildman–Crippen LogP) is 1.58. The first-order valence-corrected chi connectivity index (χ1v) is 6.54. The van der Waals surface area contributed by atoms with E-state index >= 15 is 0 Å². The van der Waals surface area contributed by atoms with Crippen molar-refractivity contribution < 1.29 is 19.2 Å². The normalized spacial score (nSPS) is 9.70. The lowest BCUT2D eigenvalue weighted by Gasteiger charge is -2.20. The molecule has 0 bridgehead atoms. The lowest BCUT2D eigenvalue weighted by Crippen LogP contribution is -2.38. The average Bonchev–Trinajstić information content (AvgIpc) is 2.12. The Labute approximate surface area is 121 Å². The zero-order valence-corrected chi connectivity index (χ0v) is 13.7. The van der Waals surface area contributed by atoms with Crippen molar-refractivity contribution in [2.24, 2.45) is 0 Å².